The first kappa shape index (κ1) is 14.4. The minimum atomic E-state index is -0.830. The number of hydrogen-bond acceptors (Lipinski definition) is 3. The summed E-state index contributed by atoms with van der Waals surface area (Å²) in [5.74, 6) is -1.66. The number of hydrogen-bond donors (Lipinski definition) is 1. The number of benzene rings is 1. The average molecular weight is 270 g/mol. The Morgan fingerprint density at radius 3 is 2.42 bits per heavy atom. The highest BCUT2D eigenvalue weighted by Gasteiger charge is 2.28. The van der Waals surface area contributed by atoms with Crippen molar-refractivity contribution in [3.8, 4) is 0 Å². The van der Waals surface area contributed by atoms with Crippen LogP contribution in [0.15, 0.2) is 18.2 Å². The Morgan fingerprint density at radius 1 is 1.26 bits per heavy atom. The van der Waals surface area contributed by atoms with Gasteiger partial charge in [-0.2, -0.15) is 0 Å². The first-order chi connectivity index (χ1) is 9.01. The van der Waals surface area contributed by atoms with Crippen molar-refractivity contribution in [3.63, 3.8) is 0 Å². The van der Waals surface area contributed by atoms with Crippen LogP contribution >= 0.6 is 0 Å². The zero-order valence-electron chi connectivity index (χ0n) is 11.3. The topological polar surface area (TPSA) is 38.5 Å². The fourth-order valence-corrected chi connectivity index (χ4v) is 2.69. The highest BCUT2D eigenvalue weighted by Crippen LogP contribution is 2.25. The van der Waals surface area contributed by atoms with Gasteiger partial charge in [0.2, 0.25) is 0 Å². The van der Waals surface area contributed by atoms with E-state index < -0.39 is 11.6 Å². The summed E-state index contributed by atoms with van der Waals surface area (Å²) < 4.78 is 32.0. The fourth-order valence-electron chi connectivity index (χ4n) is 2.69. The standard InChI is InChI=1S/C14H20F2N2O/c1-9-7-18(8-10(2)19-9)14(6-17)11-3-4-12(15)13(16)5-11/h3-5,9-10,14H,6-8,17H2,1-2H3. The molecular formula is C14H20F2N2O. The zero-order chi connectivity index (χ0) is 14.0. The predicted octanol–water partition coefficient (Wildman–Crippen LogP) is 2.07. The maximum atomic E-state index is 13.3. The van der Waals surface area contributed by atoms with Crippen molar-refractivity contribution in [3.05, 3.63) is 35.4 Å². The van der Waals surface area contributed by atoms with E-state index >= 15 is 0 Å². The molecule has 3 unspecified atom stereocenters. The minimum Gasteiger partial charge on any atom is -0.373 e. The van der Waals surface area contributed by atoms with Gasteiger partial charge in [-0.25, -0.2) is 8.78 Å². The van der Waals surface area contributed by atoms with E-state index in [0.717, 1.165) is 19.2 Å². The van der Waals surface area contributed by atoms with Gasteiger partial charge >= 0.3 is 0 Å². The van der Waals surface area contributed by atoms with Crippen LogP contribution in [0.2, 0.25) is 0 Å². The van der Waals surface area contributed by atoms with Crippen LogP contribution in [0.4, 0.5) is 8.78 Å². The van der Waals surface area contributed by atoms with Crippen LogP contribution in [0.25, 0.3) is 0 Å². The molecule has 0 spiro atoms. The van der Waals surface area contributed by atoms with Gasteiger partial charge in [0.25, 0.3) is 0 Å². The molecule has 19 heavy (non-hydrogen) atoms. The van der Waals surface area contributed by atoms with Gasteiger partial charge in [0.15, 0.2) is 11.6 Å². The summed E-state index contributed by atoms with van der Waals surface area (Å²) >= 11 is 0. The van der Waals surface area contributed by atoms with Gasteiger partial charge in [-0.1, -0.05) is 6.07 Å². The fraction of sp³-hybridized carbons (Fsp3) is 0.571. The SMILES string of the molecule is CC1CN(C(CN)c2ccc(F)c(F)c2)CC(C)O1. The van der Waals surface area contributed by atoms with Gasteiger partial charge in [-0.15, -0.1) is 0 Å². The highest BCUT2D eigenvalue weighted by molar-refractivity contribution is 5.22. The van der Waals surface area contributed by atoms with Crippen LogP contribution in [-0.2, 0) is 4.74 Å². The third-order valence-corrected chi connectivity index (χ3v) is 3.44. The number of nitrogens with zero attached hydrogens (tertiary/aromatic N) is 1. The molecule has 1 fully saturated rings. The van der Waals surface area contributed by atoms with E-state index in [0.29, 0.717) is 12.1 Å². The maximum Gasteiger partial charge on any atom is 0.159 e. The van der Waals surface area contributed by atoms with Crippen LogP contribution in [0.1, 0.15) is 25.5 Å². The third-order valence-electron chi connectivity index (χ3n) is 3.44. The van der Waals surface area contributed by atoms with Crippen LogP contribution in [0, 0.1) is 11.6 Å². The second-order valence-electron chi connectivity index (χ2n) is 5.14. The van der Waals surface area contributed by atoms with Crippen molar-refractivity contribution in [1.82, 2.24) is 4.90 Å². The van der Waals surface area contributed by atoms with Crippen molar-refractivity contribution in [2.45, 2.75) is 32.1 Å². The van der Waals surface area contributed by atoms with Gasteiger partial charge in [0.05, 0.1) is 12.2 Å². The van der Waals surface area contributed by atoms with E-state index in [-0.39, 0.29) is 18.2 Å². The van der Waals surface area contributed by atoms with E-state index in [4.69, 9.17) is 10.5 Å². The first-order valence-corrected chi connectivity index (χ1v) is 6.55. The molecule has 3 nitrogen and oxygen atoms in total. The molecule has 1 heterocycles. The lowest BCUT2D eigenvalue weighted by molar-refractivity contribution is -0.0799. The average Bonchev–Trinajstić information content (AvgIpc) is 2.33. The molecule has 5 heteroatoms. The van der Waals surface area contributed by atoms with Crippen molar-refractivity contribution in [2.24, 2.45) is 5.73 Å². The lowest BCUT2D eigenvalue weighted by atomic mass is 10.0. The maximum absolute atomic E-state index is 13.3. The van der Waals surface area contributed by atoms with Crippen LogP contribution in [0.3, 0.4) is 0 Å². The summed E-state index contributed by atoms with van der Waals surface area (Å²) in [7, 11) is 0. The van der Waals surface area contributed by atoms with Gasteiger partial charge in [-0.05, 0) is 31.5 Å². The quantitative estimate of drug-likeness (QED) is 0.914. The van der Waals surface area contributed by atoms with Crippen molar-refractivity contribution in [1.29, 1.82) is 0 Å². The molecule has 106 valence electrons. The van der Waals surface area contributed by atoms with Gasteiger partial charge in [0, 0.05) is 25.7 Å². The summed E-state index contributed by atoms with van der Waals surface area (Å²) in [6.07, 6.45) is 0.228. The molecule has 0 amide bonds. The van der Waals surface area contributed by atoms with E-state index in [2.05, 4.69) is 4.90 Å². The number of halogens is 2. The first-order valence-electron chi connectivity index (χ1n) is 6.55. The number of ether oxygens (including phenoxy) is 1. The predicted molar refractivity (Wildman–Crippen MR) is 69.7 cm³/mol. The Morgan fingerprint density at radius 2 is 1.89 bits per heavy atom. The Kier molecular flexibility index (Phi) is 4.50. The molecule has 0 aromatic heterocycles. The van der Waals surface area contributed by atoms with Gasteiger partial charge in [-0.3, -0.25) is 4.90 Å². The van der Waals surface area contributed by atoms with Gasteiger partial charge < -0.3 is 10.5 Å². The van der Waals surface area contributed by atoms with E-state index in [9.17, 15) is 8.78 Å². The van der Waals surface area contributed by atoms with E-state index in [1.165, 1.54) is 6.07 Å². The normalized spacial score (nSPS) is 26.4. The van der Waals surface area contributed by atoms with Gasteiger partial charge in [0.1, 0.15) is 0 Å². The van der Waals surface area contributed by atoms with Crippen molar-refractivity contribution < 1.29 is 13.5 Å². The zero-order valence-corrected chi connectivity index (χ0v) is 11.3. The minimum absolute atomic E-state index is 0.108. The second-order valence-corrected chi connectivity index (χ2v) is 5.14. The number of nitrogens with two attached hydrogens (primary N) is 1. The molecule has 1 saturated heterocycles. The molecule has 1 aromatic rings. The monoisotopic (exact) mass is 270 g/mol. The van der Waals surface area contributed by atoms with Crippen molar-refractivity contribution in [2.75, 3.05) is 19.6 Å². The smallest absolute Gasteiger partial charge is 0.159 e. The Bertz CT molecular complexity index is 431. The third kappa shape index (κ3) is 3.29. The lowest BCUT2D eigenvalue weighted by Gasteiger charge is -2.40. The molecule has 0 aliphatic carbocycles. The molecule has 1 aliphatic rings. The molecule has 0 saturated carbocycles. The van der Waals surface area contributed by atoms with E-state index in [1.807, 2.05) is 13.8 Å². The van der Waals surface area contributed by atoms with Crippen LogP contribution in [-0.4, -0.2) is 36.7 Å². The molecule has 3 atom stereocenters. The van der Waals surface area contributed by atoms with Crippen LogP contribution < -0.4 is 5.73 Å². The Balaban J connectivity index is 2.21. The molecule has 2 rings (SSSR count). The summed E-state index contributed by atoms with van der Waals surface area (Å²) in [6, 6.07) is 3.88. The second kappa shape index (κ2) is 5.94. The van der Waals surface area contributed by atoms with Crippen molar-refractivity contribution >= 4 is 0 Å². The summed E-state index contributed by atoms with van der Waals surface area (Å²) in [6.45, 7) is 5.85. The molecule has 2 N–H and O–H groups in total. The van der Waals surface area contributed by atoms with E-state index in [1.54, 1.807) is 6.07 Å². The molecule has 1 aliphatic heterocycles. The summed E-state index contributed by atoms with van der Waals surface area (Å²) in [5, 5.41) is 0. The molecule has 0 bridgehead atoms. The lowest BCUT2D eigenvalue weighted by Crippen LogP contribution is -2.48. The molecular weight excluding hydrogens is 250 g/mol. The van der Waals surface area contributed by atoms with Crippen LogP contribution in [0.5, 0.6) is 0 Å². The largest absolute Gasteiger partial charge is 0.373 e. The number of rotatable bonds is 3. The Labute approximate surface area is 112 Å². The summed E-state index contributed by atoms with van der Waals surface area (Å²) in [4.78, 5) is 2.17. The highest BCUT2D eigenvalue weighted by atomic mass is 19.2. The molecule has 0 radical (unpaired) electrons. The molecule has 1 aromatic carbocycles. The number of morpholine rings is 1. The summed E-state index contributed by atoms with van der Waals surface area (Å²) in [5.41, 5.74) is 6.53. The Hall–Kier alpha value is -1.04.